The predicted molar refractivity (Wildman–Crippen MR) is 115 cm³/mol. The van der Waals surface area contributed by atoms with Gasteiger partial charge in [-0.05, 0) is 44.4 Å². The molecule has 1 aliphatic carbocycles. The molecular formula is C22H25ClN4O4. The van der Waals surface area contributed by atoms with Crippen LogP contribution in [0.5, 0.6) is 0 Å². The Bertz CT molecular complexity index is 1060. The number of carbonyl (C=O) groups excluding carboxylic acids is 3. The molecule has 1 N–H and O–H groups in total. The third-order valence-electron chi connectivity index (χ3n) is 6.14. The Morgan fingerprint density at radius 1 is 1.26 bits per heavy atom. The first-order chi connectivity index (χ1) is 14.7. The standard InChI is InChI=1S/C22H25ClN4O4/c1-13-8-9-14(23)10-17(13)27-19(28)18-11-16(20(29)31-3)25-26(18)12-22(27,2)21(30)24-15-6-4-5-7-15/h8-11,15H,4-7,12H2,1-3H3,(H,24,30)/t22-/m1/s1. The molecule has 2 aliphatic rings. The number of aromatic nitrogens is 2. The van der Waals surface area contributed by atoms with Crippen LogP contribution in [0.25, 0.3) is 0 Å². The van der Waals surface area contributed by atoms with Gasteiger partial charge in [0, 0.05) is 22.8 Å². The zero-order valence-corrected chi connectivity index (χ0v) is 18.5. The van der Waals surface area contributed by atoms with Gasteiger partial charge in [-0.1, -0.05) is 30.5 Å². The number of methoxy groups -OCH3 is 1. The van der Waals surface area contributed by atoms with E-state index in [2.05, 4.69) is 10.4 Å². The first-order valence-electron chi connectivity index (χ1n) is 10.3. The maximum absolute atomic E-state index is 13.7. The summed E-state index contributed by atoms with van der Waals surface area (Å²) in [6.45, 7) is 3.67. The van der Waals surface area contributed by atoms with Crippen LogP contribution in [0.1, 0.15) is 59.1 Å². The Kier molecular flexibility index (Phi) is 5.51. The fourth-order valence-electron chi connectivity index (χ4n) is 4.40. The lowest BCUT2D eigenvalue weighted by Gasteiger charge is -2.44. The number of benzene rings is 1. The van der Waals surface area contributed by atoms with E-state index >= 15 is 0 Å². The molecule has 164 valence electrons. The number of nitrogens with one attached hydrogen (secondary N) is 1. The minimum Gasteiger partial charge on any atom is -0.464 e. The van der Waals surface area contributed by atoms with Gasteiger partial charge in [0.2, 0.25) is 5.91 Å². The number of amides is 2. The third kappa shape index (κ3) is 3.69. The van der Waals surface area contributed by atoms with Crippen molar-refractivity contribution in [3.63, 3.8) is 0 Å². The molecule has 0 unspecified atom stereocenters. The van der Waals surface area contributed by atoms with Crippen molar-refractivity contribution in [2.24, 2.45) is 0 Å². The Labute approximate surface area is 185 Å². The molecule has 0 spiro atoms. The lowest BCUT2D eigenvalue weighted by molar-refractivity contribution is -0.127. The molecule has 31 heavy (non-hydrogen) atoms. The Morgan fingerprint density at radius 2 is 1.97 bits per heavy atom. The van der Waals surface area contributed by atoms with Gasteiger partial charge < -0.3 is 10.1 Å². The molecule has 1 aromatic heterocycles. The molecule has 9 heteroatoms. The van der Waals surface area contributed by atoms with Crippen LogP contribution in [0.2, 0.25) is 5.02 Å². The molecule has 0 bridgehead atoms. The van der Waals surface area contributed by atoms with Crippen LogP contribution >= 0.6 is 11.6 Å². The fourth-order valence-corrected chi connectivity index (χ4v) is 4.56. The number of rotatable bonds is 4. The number of nitrogens with zero attached hydrogens (tertiary/aromatic N) is 3. The highest BCUT2D eigenvalue weighted by atomic mass is 35.5. The van der Waals surface area contributed by atoms with Gasteiger partial charge in [0.15, 0.2) is 5.69 Å². The Morgan fingerprint density at radius 3 is 2.65 bits per heavy atom. The van der Waals surface area contributed by atoms with Crippen molar-refractivity contribution in [1.82, 2.24) is 15.1 Å². The van der Waals surface area contributed by atoms with E-state index < -0.39 is 17.4 Å². The summed E-state index contributed by atoms with van der Waals surface area (Å²) in [6, 6.07) is 6.72. The van der Waals surface area contributed by atoms with Gasteiger partial charge in [0.25, 0.3) is 5.91 Å². The number of esters is 1. The summed E-state index contributed by atoms with van der Waals surface area (Å²) in [6.07, 6.45) is 3.99. The van der Waals surface area contributed by atoms with Crippen molar-refractivity contribution in [1.29, 1.82) is 0 Å². The highest BCUT2D eigenvalue weighted by Crippen LogP contribution is 2.36. The Hall–Kier alpha value is -2.87. The summed E-state index contributed by atoms with van der Waals surface area (Å²) >= 11 is 6.24. The molecule has 1 fully saturated rings. The normalized spacial score (nSPS) is 21.2. The van der Waals surface area contributed by atoms with Crippen molar-refractivity contribution in [3.8, 4) is 0 Å². The van der Waals surface area contributed by atoms with E-state index in [1.807, 2.05) is 13.0 Å². The van der Waals surface area contributed by atoms with Crippen LogP contribution in [-0.4, -0.2) is 46.3 Å². The van der Waals surface area contributed by atoms with Gasteiger partial charge in [0.1, 0.15) is 11.2 Å². The van der Waals surface area contributed by atoms with Gasteiger partial charge >= 0.3 is 5.97 Å². The molecule has 4 rings (SSSR count). The quantitative estimate of drug-likeness (QED) is 0.731. The SMILES string of the molecule is COC(=O)c1cc2n(n1)C[C@](C)(C(=O)NC1CCCC1)N(c1cc(Cl)ccc1C)C2=O. The van der Waals surface area contributed by atoms with Crippen LogP contribution in [-0.2, 0) is 16.1 Å². The second-order valence-electron chi connectivity index (χ2n) is 8.36. The van der Waals surface area contributed by atoms with Crippen molar-refractivity contribution in [2.45, 2.75) is 57.7 Å². The number of fused-ring (bicyclic) bond motifs is 1. The molecule has 1 atom stereocenters. The van der Waals surface area contributed by atoms with Crippen LogP contribution in [0.4, 0.5) is 5.69 Å². The van der Waals surface area contributed by atoms with Crippen molar-refractivity contribution in [3.05, 3.63) is 46.2 Å². The van der Waals surface area contributed by atoms with E-state index in [0.29, 0.717) is 10.7 Å². The van der Waals surface area contributed by atoms with E-state index in [9.17, 15) is 14.4 Å². The summed E-state index contributed by atoms with van der Waals surface area (Å²) in [4.78, 5) is 40.7. The van der Waals surface area contributed by atoms with Gasteiger partial charge in [-0.15, -0.1) is 0 Å². The van der Waals surface area contributed by atoms with E-state index in [4.69, 9.17) is 16.3 Å². The number of anilines is 1. The minimum absolute atomic E-state index is 0.0223. The third-order valence-corrected chi connectivity index (χ3v) is 6.37. The van der Waals surface area contributed by atoms with Crippen molar-refractivity contribution >= 4 is 35.1 Å². The highest BCUT2D eigenvalue weighted by molar-refractivity contribution is 6.31. The lowest BCUT2D eigenvalue weighted by Crippen LogP contribution is -2.65. The number of aryl methyl sites for hydroxylation is 1. The summed E-state index contributed by atoms with van der Waals surface area (Å²) in [5.41, 5.74) is 0.328. The second-order valence-corrected chi connectivity index (χ2v) is 8.80. The number of ether oxygens (including phenoxy) is 1. The van der Waals surface area contributed by atoms with Gasteiger partial charge in [-0.2, -0.15) is 5.10 Å². The number of carbonyl (C=O) groups is 3. The van der Waals surface area contributed by atoms with Crippen LogP contribution in [0.3, 0.4) is 0 Å². The highest BCUT2D eigenvalue weighted by Gasteiger charge is 2.50. The maximum Gasteiger partial charge on any atom is 0.358 e. The molecule has 8 nitrogen and oxygen atoms in total. The summed E-state index contributed by atoms with van der Waals surface area (Å²) in [5, 5.41) is 7.81. The smallest absolute Gasteiger partial charge is 0.358 e. The van der Waals surface area contributed by atoms with Gasteiger partial charge in [-0.3, -0.25) is 19.2 Å². The average Bonchev–Trinajstić information content (AvgIpc) is 3.39. The van der Waals surface area contributed by atoms with E-state index in [-0.39, 0.29) is 29.9 Å². The minimum atomic E-state index is -1.26. The monoisotopic (exact) mass is 444 g/mol. The molecular weight excluding hydrogens is 420 g/mol. The molecule has 0 radical (unpaired) electrons. The fraction of sp³-hybridized carbons (Fsp3) is 0.455. The van der Waals surface area contributed by atoms with Crippen molar-refractivity contribution < 1.29 is 19.1 Å². The topological polar surface area (TPSA) is 93.5 Å². The number of hydrogen-bond acceptors (Lipinski definition) is 5. The second kappa shape index (κ2) is 8.00. The molecule has 0 saturated heterocycles. The molecule has 2 aromatic rings. The summed E-state index contributed by atoms with van der Waals surface area (Å²) < 4.78 is 6.16. The van der Waals surface area contributed by atoms with E-state index in [1.54, 1.807) is 19.1 Å². The van der Waals surface area contributed by atoms with Crippen LogP contribution in [0, 0.1) is 6.92 Å². The maximum atomic E-state index is 13.7. The molecule has 1 aromatic carbocycles. The number of hydrogen-bond donors (Lipinski definition) is 1. The zero-order chi connectivity index (χ0) is 22.3. The first kappa shape index (κ1) is 21.4. The molecule has 1 saturated carbocycles. The van der Waals surface area contributed by atoms with E-state index in [0.717, 1.165) is 31.2 Å². The number of halogens is 1. The first-order valence-corrected chi connectivity index (χ1v) is 10.7. The largest absolute Gasteiger partial charge is 0.464 e. The van der Waals surface area contributed by atoms with Crippen molar-refractivity contribution in [2.75, 3.05) is 12.0 Å². The predicted octanol–water partition coefficient (Wildman–Crippen LogP) is 3.11. The molecule has 2 amide bonds. The Balaban J connectivity index is 1.82. The van der Waals surface area contributed by atoms with E-state index in [1.165, 1.54) is 22.8 Å². The molecule has 2 heterocycles. The molecule has 1 aliphatic heterocycles. The van der Waals surface area contributed by atoms with Crippen LogP contribution < -0.4 is 10.2 Å². The van der Waals surface area contributed by atoms with Gasteiger partial charge in [0.05, 0.1) is 13.7 Å². The summed E-state index contributed by atoms with van der Waals surface area (Å²) in [5.74, 6) is -1.33. The average molecular weight is 445 g/mol. The zero-order valence-electron chi connectivity index (χ0n) is 17.8. The van der Waals surface area contributed by atoms with Crippen LogP contribution in [0.15, 0.2) is 24.3 Å². The lowest BCUT2D eigenvalue weighted by atomic mass is 9.92. The summed E-state index contributed by atoms with van der Waals surface area (Å²) in [7, 11) is 1.25. The van der Waals surface area contributed by atoms with Gasteiger partial charge in [-0.25, -0.2) is 4.79 Å².